The van der Waals surface area contributed by atoms with Gasteiger partial charge in [-0.25, -0.2) is 4.68 Å². The molecular weight excluding hydrogens is 374 g/mol. The summed E-state index contributed by atoms with van der Waals surface area (Å²) in [5.41, 5.74) is 7.09. The molecule has 1 aliphatic heterocycles. The smallest absolute Gasteiger partial charge is 0.270 e. The van der Waals surface area contributed by atoms with Crippen molar-refractivity contribution >= 4 is 23.1 Å². The third-order valence-electron chi connectivity index (χ3n) is 4.52. The van der Waals surface area contributed by atoms with Crippen LogP contribution >= 0.6 is 11.8 Å². The second kappa shape index (κ2) is 6.79. The molecule has 0 saturated heterocycles. The second-order valence-corrected chi connectivity index (χ2v) is 8.37. The minimum absolute atomic E-state index is 0.0535. The van der Waals surface area contributed by atoms with E-state index in [0.717, 1.165) is 16.8 Å². The van der Waals surface area contributed by atoms with Crippen LogP contribution in [0, 0.1) is 10.1 Å². The molecule has 0 radical (unpaired) electrons. The number of rotatable bonds is 3. The fourth-order valence-electron chi connectivity index (χ4n) is 2.93. The summed E-state index contributed by atoms with van der Waals surface area (Å²) in [5, 5.41) is 22.2. The van der Waals surface area contributed by atoms with E-state index in [2.05, 4.69) is 48.5 Å². The molecule has 0 atom stereocenters. The average molecular weight is 393 g/mol. The van der Waals surface area contributed by atoms with Crippen LogP contribution in [0.1, 0.15) is 31.9 Å². The maximum absolute atomic E-state index is 11.1. The van der Waals surface area contributed by atoms with Crippen LogP contribution in [-0.4, -0.2) is 19.8 Å². The Morgan fingerprint density at radius 1 is 1.07 bits per heavy atom. The molecule has 28 heavy (non-hydrogen) atoms. The number of nitrogens with zero attached hydrogens (tertiary/aromatic N) is 4. The maximum Gasteiger partial charge on any atom is 0.270 e. The normalized spacial score (nSPS) is 13.5. The second-order valence-electron chi connectivity index (χ2n) is 7.54. The summed E-state index contributed by atoms with van der Waals surface area (Å²) in [7, 11) is 0. The first-order valence-corrected chi connectivity index (χ1v) is 9.66. The van der Waals surface area contributed by atoms with Gasteiger partial charge in [0.15, 0.2) is 5.82 Å². The average Bonchev–Trinajstić information content (AvgIpc) is 3.10. The Bertz CT molecular complexity index is 1080. The van der Waals surface area contributed by atoms with Crippen molar-refractivity contribution in [3.8, 4) is 11.4 Å². The molecule has 2 aromatic carbocycles. The lowest BCUT2D eigenvalue weighted by molar-refractivity contribution is -0.384. The van der Waals surface area contributed by atoms with Crippen LogP contribution in [-0.2, 0) is 5.41 Å². The first-order chi connectivity index (χ1) is 13.3. The summed E-state index contributed by atoms with van der Waals surface area (Å²) in [6.45, 7) is 6.53. The molecule has 0 unspecified atom stereocenters. The molecule has 3 aromatic rings. The van der Waals surface area contributed by atoms with Crippen LogP contribution in [0.3, 0.4) is 0 Å². The molecule has 0 spiro atoms. The van der Waals surface area contributed by atoms with E-state index in [9.17, 15) is 10.1 Å². The van der Waals surface area contributed by atoms with Crippen LogP contribution in [0.15, 0.2) is 59.1 Å². The van der Waals surface area contributed by atoms with E-state index < -0.39 is 4.92 Å². The molecule has 8 heteroatoms. The summed E-state index contributed by atoms with van der Waals surface area (Å²) in [6, 6.07) is 14.8. The molecule has 0 amide bonds. The minimum Gasteiger partial charge on any atom is -0.289 e. The fourth-order valence-corrected chi connectivity index (χ4v) is 3.67. The van der Waals surface area contributed by atoms with Gasteiger partial charge in [0.1, 0.15) is 0 Å². The molecule has 0 aliphatic carbocycles. The molecule has 142 valence electrons. The van der Waals surface area contributed by atoms with E-state index in [0.29, 0.717) is 11.0 Å². The van der Waals surface area contributed by atoms with Gasteiger partial charge in [0.25, 0.3) is 5.69 Å². The summed E-state index contributed by atoms with van der Waals surface area (Å²) in [6.07, 6.45) is 0. The van der Waals surface area contributed by atoms with Gasteiger partial charge >= 0.3 is 0 Å². The third kappa shape index (κ3) is 3.38. The highest BCUT2D eigenvalue weighted by molar-refractivity contribution is 8.02. The van der Waals surface area contributed by atoms with Crippen LogP contribution in [0.2, 0.25) is 0 Å². The first kappa shape index (κ1) is 18.2. The third-order valence-corrected chi connectivity index (χ3v) is 5.35. The number of benzene rings is 2. The number of nitro benzene ring substituents is 1. The van der Waals surface area contributed by atoms with Crippen molar-refractivity contribution in [3.63, 3.8) is 0 Å². The molecule has 4 rings (SSSR count). The number of non-ortho nitro benzene ring substituents is 1. The van der Waals surface area contributed by atoms with E-state index in [1.54, 1.807) is 12.1 Å². The first-order valence-electron chi connectivity index (χ1n) is 8.78. The molecule has 0 bridgehead atoms. The molecule has 1 aliphatic rings. The lowest BCUT2D eigenvalue weighted by Gasteiger charge is -2.20. The van der Waals surface area contributed by atoms with Crippen LogP contribution < -0.4 is 5.43 Å². The van der Waals surface area contributed by atoms with Gasteiger partial charge in [-0.05, 0) is 11.0 Å². The fraction of sp³-hybridized carbons (Fsp3) is 0.200. The SMILES string of the molecule is CC(C)(C)c1ccc(-c2nnc3n2NC(c2cccc([N+](=O)[O-])c2)=CS3)cc1. The van der Waals surface area contributed by atoms with Crippen LogP contribution in [0.4, 0.5) is 5.69 Å². The highest BCUT2D eigenvalue weighted by Gasteiger charge is 2.21. The van der Waals surface area contributed by atoms with Gasteiger partial charge < -0.3 is 0 Å². The van der Waals surface area contributed by atoms with E-state index in [4.69, 9.17) is 0 Å². The Balaban J connectivity index is 1.65. The number of hydrogen-bond donors (Lipinski definition) is 1. The molecule has 0 fully saturated rings. The summed E-state index contributed by atoms with van der Waals surface area (Å²) in [4.78, 5) is 10.7. The van der Waals surface area contributed by atoms with E-state index >= 15 is 0 Å². The topological polar surface area (TPSA) is 85.9 Å². The van der Waals surface area contributed by atoms with Gasteiger partial charge in [0.2, 0.25) is 5.16 Å². The molecule has 2 heterocycles. The zero-order chi connectivity index (χ0) is 19.9. The van der Waals surface area contributed by atoms with Crippen molar-refractivity contribution in [3.05, 3.63) is 75.2 Å². The zero-order valence-corrected chi connectivity index (χ0v) is 16.5. The zero-order valence-electron chi connectivity index (χ0n) is 15.7. The Morgan fingerprint density at radius 3 is 2.50 bits per heavy atom. The van der Waals surface area contributed by atoms with Gasteiger partial charge in [-0.3, -0.25) is 15.5 Å². The maximum atomic E-state index is 11.1. The predicted octanol–water partition coefficient (Wildman–Crippen LogP) is 4.80. The van der Waals surface area contributed by atoms with Crippen molar-refractivity contribution in [1.29, 1.82) is 0 Å². The number of nitro groups is 1. The standard InChI is InChI=1S/C20H19N5O2S/c1-20(2,3)15-9-7-13(8-10-15)18-21-22-19-24(18)23-17(12-28-19)14-5-4-6-16(11-14)25(26)27/h4-12,23H,1-3H3. The minimum atomic E-state index is -0.396. The van der Waals surface area contributed by atoms with Crippen molar-refractivity contribution < 1.29 is 4.92 Å². The van der Waals surface area contributed by atoms with Gasteiger partial charge in [-0.15, -0.1) is 10.2 Å². The lowest BCUT2D eigenvalue weighted by Crippen LogP contribution is -2.18. The summed E-state index contributed by atoms with van der Waals surface area (Å²) in [5.74, 6) is 0.694. The Labute approximate surface area is 166 Å². The number of aromatic nitrogens is 3. The Morgan fingerprint density at radius 2 is 1.82 bits per heavy atom. The Kier molecular flexibility index (Phi) is 4.43. The van der Waals surface area contributed by atoms with Gasteiger partial charge in [0.05, 0.1) is 10.6 Å². The molecular formula is C20H19N5O2S. The van der Waals surface area contributed by atoms with Gasteiger partial charge in [-0.1, -0.05) is 68.9 Å². The molecule has 1 N–H and O–H groups in total. The Hall–Kier alpha value is -3.13. The lowest BCUT2D eigenvalue weighted by atomic mass is 9.87. The number of fused-ring (bicyclic) bond motifs is 1. The largest absolute Gasteiger partial charge is 0.289 e. The number of nitrogens with one attached hydrogen (secondary N) is 1. The summed E-state index contributed by atoms with van der Waals surface area (Å²) >= 11 is 1.42. The molecule has 0 saturated carbocycles. The molecule has 1 aromatic heterocycles. The predicted molar refractivity (Wildman–Crippen MR) is 110 cm³/mol. The van der Waals surface area contributed by atoms with E-state index in [-0.39, 0.29) is 11.1 Å². The van der Waals surface area contributed by atoms with Gasteiger partial charge in [-0.2, -0.15) is 0 Å². The van der Waals surface area contributed by atoms with Crippen LogP contribution in [0.25, 0.3) is 17.1 Å². The number of hydrogen-bond acceptors (Lipinski definition) is 6. The highest BCUT2D eigenvalue weighted by Crippen LogP contribution is 2.33. The van der Waals surface area contributed by atoms with E-state index in [1.807, 2.05) is 28.3 Å². The number of thioether (sulfide) groups is 1. The van der Waals surface area contributed by atoms with Crippen molar-refractivity contribution in [2.24, 2.45) is 0 Å². The molecule has 7 nitrogen and oxygen atoms in total. The highest BCUT2D eigenvalue weighted by atomic mass is 32.2. The monoisotopic (exact) mass is 393 g/mol. The van der Waals surface area contributed by atoms with Crippen molar-refractivity contribution in [2.75, 3.05) is 5.43 Å². The summed E-state index contributed by atoms with van der Waals surface area (Å²) < 4.78 is 1.81. The van der Waals surface area contributed by atoms with Gasteiger partial charge in [0, 0.05) is 28.7 Å². The van der Waals surface area contributed by atoms with E-state index in [1.165, 1.54) is 23.4 Å². The van der Waals surface area contributed by atoms with Crippen LogP contribution in [0.5, 0.6) is 0 Å². The van der Waals surface area contributed by atoms with Crippen molar-refractivity contribution in [2.45, 2.75) is 31.3 Å². The van der Waals surface area contributed by atoms with Crippen molar-refractivity contribution in [1.82, 2.24) is 14.9 Å². The quantitative estimate of drug-likeness (QED) is 0.508.